The second kappa shape index (κ2) is 8.28. The van der Waals surface area contributed by atoms with Gasteiger partial charge in [0, 0.05) is 15.6 Å². The summed E-state index contributed by atoms with van der Waals surface area (Å²) in [5, 5.41) is 5.20. The molecule has 0 bridgehead atoms. The first-order valence-electron chi connectivity index (χ1n) is 7.89. The van der Waals surface area contributed by atoms with Crippen molar-refractivity contribution in [2.24, 2.45) is 5.10 Å². The summed E-state index contributed by atoms with van der Waals surface area (Å²) >= 11 is 7.63. The van der Waals surface area contributed by atoms with Crippen LogP contribution in [0.5, 0.6) is 17.2 Å². The van der Waals surface area contributed by atoms with E-state index in [0.29, 0.717) is 32.7 Å². The minimum Gasteiger partial charge on any atom is -0.497 e. The summed E-state index contributed by atoms with van der Waals surface area (Å²) in [6, 6.07) is 10.8. The third-order valence-electron chi connectivity index (χ3n) is 3.85. The van der Waals surface area contributed by atoms with Crippen molar-refractivity contribution >= 4 is 45.1 Å². The standard InChI is InChI=1S/C19H17ClN2O4S/c1-24-12-5-7-15(26-3)11(8-12)10-21-22-19(23)18-17(20)14-6-4-13(25-2)9-16(14)27-18/h4-10H,1-3H3,(H,22,23)/b21-10+. The molecular weight excluding hydrogens is 388 g/mol. The predicted octanol–water partition coefficient (Wildman–Crippen LogP) is 4.34. The number of carbonyl (C=O) groups is 1. The van der Waals surface area contributed by atoms with Gasteiger partial charge in [-0.15, -0.1) is 11.3 Å². The van der Waals surface area contributed by atoms with Crippen molar-refractivity contribution in [2.45, 2.75) is 0 Å². The van der Waals surface area contributed by atoms with Crippen LogP contribution in [-0.4, -0.2) is 33.5 Å². The molecule has 6 nitrogen and oxygen atoms in total. The Morgan fingerprint density at radius 3 is 2.48 bits per heavy atom. The number of nitrogens with zero attached hydrogens (tertiary/aromatic N) is 1. The average Bonchev–Trinajstić information content (AvgIpc) is 3.03. The van der Waals surface area contributed by atoms with Crippen LogP contribution in [0.25, 0.3) is 10.1 Å². The first kappa shape index (κ1) is 19.0. The first-order valence-corrected chi connectivity index (χ1v) is 9.08. The summed E-state index contributed by atoms with van der Waals surface area (Å²) in [6.45, 7) is 0. The van der Waals surface area contributed by atoms with Crippen LogP contribution in [0, 0.1) is 0 Å². The van der Waals surface area contributed by atoms with Gasteiger partial charge in [-0.2, -0.15) is 5.10 Å². The van der Waals surface area contributed by atoms with Crippen molar-refractivity contribution in [3.05, 3.63) is 51.9 Å². The van der Waals surface area contributed by atoms with Gasteiger partial charge < -0.3 is 14.2 Å². The fourth-order valence-corrected chi connectivity index (χ4v) is 3.91. The summed E-state index contributed by atoms with van der Waals surface area (Å²) in [4.78, 5) is 12.9. The molecule has 0 saturated carbocycles. The fraction of sp³-hybridized carbons (Fsp3) is 0.158. The summed E-state index contributed by atoms with van der Waals surface area (Å²) in [6.07, 6.45) is 1.49. The molecule has 0 aliphatic rings. The molecule has 3 aromatic rings. The van der Waals surface area contributed by atoms with Gasteiger partial charge in [0.15, 0.2) is 0 Å². The normalized spacial score (nSPS) is 11.0. The van der Waals surface area contributed by atoms with Crippen molar-refractivity contribution in [1.82, 2.24) is 5.43 Å². The fourth-order valence-electron chi connectivity index (χ4n) is 2.47. The van der Waals surface area contributed by atoms with Gasteiger partial charge in [0.25, 0.3) is 5.91 Å². The average molecular weight is 405 g/mol. The number of amides is 1. The molecule has 0 spiro atoms. The zero-order valence-corrected chi connectivity index (χ0v) is 16.5. The number of hydrogen-bond acceptors (Lipinski definition) is 6. The number of ether oxygens (including phenoxy) is 3. The van der Waals surface area contributed by atoms with Crippen molar-refractivity contribution in [3.63, 3.8) is 0 Å². The maximum Gasteiger partial charge on any atom is 0.283 e. The lowest BCUT2D eigenvalue weighted by molar-refractivity contribution is 0.0959. The number of fused-ring (bicyclic) bond motifs is 1. The van der Waals surface area contributed by atoms with Gasteiger partial charge >= 0.3 is 0 Å². The highest BCUT2D eigenvalue weighted by Crippen LogP contribution is 2.37. The van der Waals surface area contributed by atoms with Gasteiger partial charge in [-0.05, 0) is 36.4 Å². The quantitative estimate of drug-likeness (QED) is 0.490. The molecule has 0 radical (unpaired) electrons. The van der Waals surface area contributed by atoms with Crippen LogP contribution in [0.15, 0.2) is 41.5 Å². The molecule has 1 heterocycles. The second-order valence-corrected chi connectivity index (χ2v) is 6.84. The van der Waals surface area contributed by atoms with Gasteiger partial charge in [0.1, 0.15) is 22.1 Å². The zero-order chi connectivity index (χ0) is 19.4. The molecular formula is C19H17ClN2O4S. The first-order chi connectivity index (χ1) is 13.1. The molecule has 1 aromatic heterocycles. The second-order valence-electron chi connectivity index (χ2n) is 5.41. The van der Waals surface area contributed by atoms with E-state index < -0.39 is 5.91 Å². The maximum absolute atomic E-state index is 12.5. The van der Waals surface area contributed by atoms with Crippen molar-refractivity contribution in [3.8, 4) is 17.2 Å². The van der Waals surface area contributed by atoms with E-state index >= 15 is 0 Å². The Morgan fingerprint density at radius 2 is 1.78 bits per heavy atom. The molecule has 0 fully saturated rings. The van der Waals surface area contributed by atoms with E-state index in [0.717, 1.165) is 10.1 Å². The van der Waals surface area contributed by atoms with E-state index in [1.54, 1.807) is 45.6 Å². The Balaban J connectivity index is 1.81. The largest absolute Gasteiger partial charge is 0.497 e. The zero-order valence-electron chi connectivity index (χ0n) is 14.9. The molecule has 8 heteroatoms. The minimum atomic E-state index is -0.390. The van der Waals surface area contributed by atoms with Gasteiger partial charge in [-0.1, -0.05) is 11.6 Å². The van der Waals surface area contributed by atoms with E-state index in [1.165, 1.54) is 17.6 Å². The van der Waals surface area contributed by atoms with Gasteiger partial charge in [0.2, 0.25) is 0 Å². The van der Waals surface area contributed by atoms with Crippen molar-refractivity contribution in [1.29, 1.82) is 0 Å². The number of thiophene rings is 1. The van der Waals surface area contributed by atoms with Crippen LogP contribution in [0.2, 0.25) is 5.02 Å². The summed E-state index contributed by atoms with van der Waals surface area (Å²) in [5.74, 6) is 1.58. The molecule has 0 aliphatic heterocycles. The van der Waals surface area contributed by atoms with E-state index in [1.807, 2.05) is 12.1 Å². The smallest absolute Gasteiger partial charge is 0.283 e. The summed E-state index contributed by atoms with van der Waals surface area (Å²) in [5.41, 5.74) is 3.17. The molecule has 1 N–H and O–H groups in total. The Hall–Kier alpha value is -2.77. The van der Waals surface area contributed by atoms with Crippen LogP contribution in [0.1, 0.15) is 15.2 Å². The summed E-state index contributed by atoms with van der Waals surface area (Å²) < 4.78 is 16.5. The van der Waals surface area contributed by atoms with Crippen molar-refractivity contribution < 1.29 is 19.0 Å². The van der Waals surface area contributed by atoms with E-state index in [9.17, 15) is 4.79 Å². The highest BCUT2D eigenvalue weighted by molar-refractivity contribution is 7.21. The van der Waals surface area contributed by atoms with Gasteiger partial charge in [0.05, 0.1) is 32.6 Å². The highest BCUT2D eigenvalue weighted by Gasteiger charge is 2.17. The Labute approximate surface area is 165 Å². The third-order valence-corrected chi connectivity index (χ3v) is 5.51. The van der Waals surface area contributed by atoms with Crippen LogP contribution in [-0.2, 0) is 0 Å². The minimum absolute atomic E-state index is 0.384. The number of benzene rings is 2. The van der Waals surface area contributed by atoms with Gasteiger partial charge in [-0.25, -0.2) is 5.43 Å². The molecule has 0 unspecified atom stereocenters. The molecule has 0 aliphatic carbocycles. The Kier molecular flexibility index (Phi) is 5.83. The van der Waals surface area contributed by atoms with Crippen LogP contribution in [0.3, 0.4) is 0 Å². The van der Waals surface area contributed by atoms with Gasteiger partial charge in [-0.3, -0.25) is 4.79 Å². The third kappa shape index (κ3) is 3.99. The molecule has 140 valence electrons. The van der Waals surface area contributed by atoms with E-state index in [4.69, 9.17) is 25.8 Å². The maximum atomic E-state index is 12.5. The van der Waals surface area contributed by atoms with Crippen LogP contribution in [0.4, 0.5) is 0 Å². The SMILES string of the molecule is COc1ccc(OC)c(/C=N/NC(=O)c2sc3cc(OC)ccc3c2Cl)c1. The number of hydrogen-bond donors (Lipinski definition) is 1. The van der Waals surface area contributed by atoms with Crippen molar-refractivity contribution in [2.75, 3.05) is 21.3 Å². The molecule has 27 heavy (non-hydrogen) atoms. The monoisotopic (exact) mass is 404 g/mol. The molecule has 2 aromatic carbocycles. The number of methoxy groups -OCH3 is 3. The van der Waals surface area contributed by atoms with E-state index in [2.05, 4.69) is 10.5 Å². The molecule has 0 saturated heterocycles. The highest BCUT2D eigenvalue weighted by atomic mass is 35.5. The topological polar surface area (TPSA) is 69.2 Å². The lowest BCUT2D eigenvalue weighted by atomic mass is 10.2. The molecule has 3 rings (SSSR count). The number of halogens is 1. The Bertz CT molecular complexity index is 1020. The predicted molar refractivity (Wildman–Crippen MR) is 108 cm³/mol. The lowest BCUT2D eigenvalue weighted by Gasteiger charge is -2.06. The molecule has 0 atom stereocenters. The summed E-state index contributed by atoms with van der Waals surface area (Å²) in [7, 11) is 4.72. The van der Waals surface area contributed by atoms with E-state index in [-0.39, 0.29) is 0 Å². The Morgan fingerprint density at radius 1 is 1.07 bits per heavy atom. The molecule has 1 amide bonds. The lowest BCUT2D eigenvalue weighted by Crippen LogP contribution is -2.16. The number of nitrogens with one attached hydrogen (secondary N) is 1. The number of carbonyl (C=O) groups excluding carboxylic acids is 1. The number of hydrazone groups is 1. The van der Waals surface area contributed by atoms with Crippen LogP contribution >= 0.6 is 22.9 Å². The number of rotatable bonds is 6. The van der Waals surface area contributed by atoms with Crippen LogP contribution < -0.4 is 19.6 Å².